The first-order valence-corrected chi connectivity index (χ1v) is 7.51. The SMILES string of the molecule is CON(C)C(=O)[C@H]1CC[C@H](CNC(=O)OC(C)(C)C)CC1. The average molecular weight is 300 g/mol. The van der Waals surface area contributed by atoms with Crippen molar-refractivity contribution in [1.29, 1.82) is 0 Å². The molecule has 21 heavy (non-hydrogen) atoms. The molecule has 0 radical (unpaired) electrons. The fourth-order valence-electron chi connectivity index (χ4n) is 2.50. The standard InChI is InChI=1S/C15H28N2O4/c1-15(2,3)21-14(19)16-10-11-6-8-12(9-7-11)13(18)17(4)20-5/h11-12H,6-10H2,1-5H3,(H,16,19)/t11-,12-. The number of carbonyl (C=O) groups is 2. The van der Waals surface area contributed by atoms with E-state index in [9.17, 15) is 9.59 Å². The third-order valence-electron chi connectivity index (χ3n) is 3.71. The van der Waals surface area contributed by atoms with Gasteiger partial charge in [-0.15, -0.1) is 0 Å². The van der Waals surface area contributed by atoms with E-state index in [2.05, 4.69) is 5.32 Å². The summed E-state index contributed by atoms with van der Waals surface area (Å²) in [5, 5.41) is 4.10. The van der Waals surface area contributed by atoms with Gasteiger partial charge in [-0.05, 0) is 52.4 Å². The molecule has 6 nitrogen and oxygen atoms in total. The molecule has 1 N–H and O–H groups in total. The molecule has 1 rings (SSSR count). The molecule has 2 amide bonds. The van der Waals surface area contributed by atoms with Crippen LogP contribution < -0.4 is 5.32 Å². The van der Waals surface area contributed by atoms with E-state index in [4.69, 9.17) is 9.57 Å². The lowest BCUT2D eigenvalue weighted by molar-refractivity contribution is -0.174. The van der Waals surface area contributed by atoms with E-state index in [1.807, 2.05) is 20.8 Å². The molecule has 0 aromatic carbocycles. The summed E-state index contributed by atoms with van der Waals surface area (Å²) in [5.41, 5.74) is -0.473. The molecule has 0 heterocycles. The summed E-state index contributed by atoms with van der Waals surface area (Å²) >= 11 is 0. The van der Waals surface area contributed by atoms with Crippen molar-refractivity contribution in [3.05, 3.63) is 0 Å². The highest BCUT2D eigenvalue weighted by atomic mass is 16.7. The van der Waals surface area contributed by atoms with Crippen LogP contribution in [0, 0.1) is 11.8 Å². The van der Waals surface area contributed by atoms with Crippen LogP contribution in [0.2, 0.25) is 0 Å². The van der Waals surface area contributed by atoms with Gasteiger partial charge in [-0.1, -0.05) is 0 Å². The van der Waals surface area contributed by atoms with Crippen molar-refractivity contribution >= 4 is 12.0 Å². The zero-order chi connectivity index (χ0) is 16.0. The summed E-state index contributed by atoms with van der Waals surface area (Å²) in [6.45, 7) is 6.14. The Hall–Kier alpha value is -1.30. The van der Waals surface area contributed by atoms with Gasteiger partial charge in [0.25, 0.3) is 0 Å². The molecule has 0 aromatic rings. The molecule has 0 spiro atoms. The summed E-state index contributed by atoms with van der Waals surface area (Å²) in [4.78, 5) is 28.5. The van der Waals surface area contributed by atoms with Gasteiger partial charge in [0.1, 0.15) is 5.60 Å². The van der Waals surface area contributed by atoms with Crippen LogP contribution in [0.15, 0.2) is 0 Å². The lowest BCUT2D eigenvalue weighted by atomic mass is 9.81. The highest BCUT2D eigenvalue weighted by Crippen LogP contribution is 2.29. The number of nitrogens with zero attached hydrogens (tertiary/aromatic N) is 1. The molecule has 6 heteroatoms. The molecule has 0 aliphatic heterocycles. The Morgan fingerprint density at radius 2 is 1.76 bits per heavy atom. The van der Waals surface area contributed by atoms with Gasteiger partial charge in [-0.3, -0.25) is 9.63 Å². The Kier molecular flexibility index (Phi) is 6.45. The minimum atomic E-state index is -0.473. The van der Waals surface area contributed by atoms with Gasteiger partial charge in [0.2, 0.25) is 5.91 Å². The van der Waals surface area contributed by atoms with Crippen molar-refractivity contribution in [1.82, 2.24) is 10.4 Å². The van der Waals surface area contributed by atoms with Crippen molar-refractivity contribution < 1.29 is 19.2 Å². The van der Waals surface area contributed by atoms with Crippen molar-refractivity contribution in [2.45, 2.75) is 52.1 Å². The van der Waals surface area contributed by atoms with E-state index in [-0.39, 0.29) is 17.9 Å². The number of hydrogen-bond acceptors (Lipinski definition) is 4. The van der Waals surface area contributed by atoms with E-state index in [0.717, 1.165) is 25.7 Å². The Labute approximate surface area is 127 Å². The van der Waals surface area contributed by atoms with Crippen LogP contribution in [0.4, 0.5) is 4.79 Å². The number of hydrogen-bond donors (Lipinski definition) is 1. The first-order valence-electron chi connectivity index (χ1n) is 7.51. The molecule has 0 saturated heterocycles. The van der Waals surface area contributed by atoms with Gasteiger partial charge < -0.3 is 10.1 Å². The molecule has 0 bridgehead atoms. The van der Waals surface area contributed by atoms with E-state index in [1.165, 1.54) is 12.2 Å². The maximum Gasteiger partial charge on any atom is 0.407 e. The zero-order valence-electron chi connectivity index (χ0n) is 13.8. The summed E-state index contributed by atoms with van der Waals surface area (Å²) in [5.74, 6) is 0.484. The maximum absolute atomic E-state index is 12.0. The number of alkyl carbamates (subject to hydrolysis) is 1. The van der Waals surface area contributed by atoms with E-state index < -0.39 is 5.60 Å². The Bertz CT molecular complexity index is 357. The molecule has 1 fully saturated rings. The van der Waals surface area contributed by atoms with Gasteiger partial charge in [0.05, 0.1) is 7.11 Å². The zero-order valence-corrected chi connectivity index (χ0v) is 13.8. The second kappa shape index (κ2) is 7.64. The van der Waals surface area contributed by atoms with Crippen LogP contribution in [0.3, 0.4) is 0 Å². The van der Waals surface area contributed by atoms with Crippen LogP contribution in [-0.2, 0) is 14.4 Å². The van der Waals surface area contributed by atoms with Crippen molar-refractivity contribution in [2.75, 3.05) is 20.7 Å². The summed E-state index contributed by atoms with van der Waals surface area (Å²) in [6, 6.07) is 0. The van der Waals surface area contributed by atoms with Crippen molar-refractivity contribution in [3.63, 3.8) is 0 Å². The fraction of sp³-hybridized carbons (Fsp3) is 0.867. The third-order valence-corrected chi connectivity index (χ3v) is 3.71. The highest BCUT2D eigenvalue weighted by Gasteiger charge is 2.28. The third kappa shape index (κ3) is 6.33. The van der Waals surface area contributed by atoms with E-state index >= 15 is 0 Å². The summed E-state index contributed by atoms with van der Waals surface area (Å²) in [6.07, 6.45) is 3.17. The number of nitrogens with one attached hydrogen (secondary N) is 1. The molecule has 0 atom stereocenters. The van der Waals surface area contributed by atoms with E-state index in [1.54, 1.807) is 7.05 Å². The van der Waals surface area contributed by atoms with Crippen molar-refractivity contribution in [3.8, 4) is 0 Å². The second-order valence-electron chi connectivity index (χ2n) is 6.62. The highest BCUT2D eigenvalue weighted by molar-refractivity contribution is 5.77. The number of hydroxylamine groups is 2. The van der Waals surface area contributed by atoms with Gasteiger partial charge in [0, 0.05) is 19.5 Å². The van der Waals surface area contributed by atoms with Crippen LogP contribution in [0.5, 0.6) is 0 Å². The van der Waals surface area contributed by atoms with Gasteiger partial charge >= 0.3 is 6.09 Å². The molecule has 122 valence electrons. The molecule has 0 unspecified atom stereocenters. The summed E-state index contributed by atoms with van der Waals surface area (Å²) < 4.78 is 5.21. The molecular weight excluding hydrogens is 272 g/mol. The smallest absolute Gasteiger partial charge is 0.407 e. The quantitative estimate of drug-likeness (QED) is 0.809. The first kappa shape index (κ1) is 17.8. The largest absolute Gasteiger partial charge is 0.444 e. The van der Waals surface area contributed by atoms with Crippen LogP contribution in [0.25, 0.3) is 0 Å². The van der Waals surface area contributed by atoms with Crippen LogP contribution in [-0.4, -0.2) is 43.4 Å². The first-order chi connectivity index (χ1) is 9.73. The molecule has 1 aliphatic rings. The number of amides is 2. The second-order valence-corrected chi connectivity index (χ2v) is 6.62. The minimum absolute atomic E-state index is 0.0349. The molecule has 1 saturated carbocycles. The predicted octanol–water partition coefficient (Wildman–Crippen LogP) is 2.34. The van der Waals surface area contributed by atoms with Gasteiger partial charge in [-0.2, -0.15) is 0 Å². The molecular formula is C15H28N2O4. The summed E-state index contributed by atoms with van der Waals surface area (Å²) in [7, 11) is 3.13. The van der Waals surface area contributed by atoms with Crippen molar-refractivity contribution in [2.24, 2.45) is 11.8 Å². The van der Waals surface area contributed by atoms with Gasteiger partial charge in [0.15, 0.2) is 0 Å². The molecule has 1 aliphatic carbocycles. The fourth-order valence-corrected chi connectivity index (χ4v) is 2.50. The number of rotatable bonds is 4. The normalized spacial score (nSPS) is 22.5. The topological polar surface area (TPSA) is 67.9 Å². The maximum atomic E-state index is 12.0. The Balaban J connectivity index is 2.28. The van der Waals surface area contributed by atoms with Crippen LogP contribution in [0.1, 0.15) is 46.5 Å². The number of ether oxygens (including phenoxy) is 1. The van der Waals surface area contributed by atoms with E-state index in [0.29, 0.717) is 12.5 Å². The predicted molar refractivity (Wildman–Crippen MR) is 79.5 cm³/mol. The average Bonchev–Trinajstić information content (AvgIpc) is 2.42. The lowest BCUT2D eigenvalue weighted by Gasteiger charge is -2.30. The van der Waals surface area contributed by atoms with Gasteiger partial charge in [-0.25, -0.2) is 9.86 Å². The Morgan fingerprint density at radius 1 is 1.19 bits per heavy atom. The minimum Gasteiger partial charge on any atom is -0.444 e. The molecule has 0 aromatic heterocycles. The number of carbonyl (C=O) groups excluding carboxylic acids is 2. The Morgan fingerprint density at radius 3 is 2.24 bits per heavy atom. The lowest BCUT2D eigenvalue weighted by Crippen LogP contribution is -2.38. The van der Waals surface area contributed by atoms with Crippen LogP contribution >= 0.6 is 0 Å². The monoisotopic (exact) mass is 300 g/mol.